The van der Waals surface area contributed by atoms with Gasteiger partial charge in [0, 0.05) is 12.5 Å². The second kappa shape index (κ2) is 7.76. The first-order valence-electron chi connectivity index (χ1n) is 8.95. The van der Waals surface area contributed by atoms with Gasteiger partial charge in [0.05, 0.1) is 0 Å². The predicted octanol–water partition coefficient (Wildman–Crippen LogP) is 4.16. The summed E-state index contributed by atoms with van der Waals surface area (Å²) in [5.74, 6) is 1.47. The van der Waals surface area contributed by atoms with Gasteiger partial charge >= 0.3 is 0 Å². The molecule has 2 saturated carbocycles. The molecule has 2 rings (SSSR count). The average Bonchev–Trinajstić information content (AvgIpc) is 2.90. The van der Waals surface area contributed by atoms with Crippen molar-refractivity contribution in [3.8, 4) is 0 Å². The van der Waals surface area contributed by atoms with Gasteiger partial charge in [-0.05, 0) is 68.0 Å². The van der Waals surface area contributed by atoms with Crippen LogP contribution in [-0.4, -0.2) is 17.1 Å². The highest BCUT2D eigenvalue weighted by Gasteiger charge is 2.30. The SMILES string of the molecule is CC(C)(C)C1CCC(NC(=S)NC(=O)CC2CCCC2)CC1. The Hall–Kier alpha value is -0.640. The number of amides is 1. The fraction of sp³-hybridized carbons (Fsp3) is 0.889. The lowest BCUT2D eigenvalue weighted by atomic mass is 9.71. The van der Waals surface area contributed by atoms with Gasteiger partial charge in [0.1, 0.15) is 0 Å². The fourth-order valence-electron chi connectivity index (χ4n) is 3.98. The van der Waals surface area contributed by atoms with Gasteiger partial charge in [0.15, 0.2) is 5.11 Å². The second-order valence-corrected chi connectivity index (χ2v) is 8.70. The molecule has 2 aliphatic carbocycles. The summed E-state index contributed by atoms with van der Waals surface area (Å²) in [4.78, 5) is 12.0. The minimum Gasteiger partial charge on any atom is -0.360 e. The van der Waals surface area contributed by atoms with Crippen molar-refractivity contribution >= 4 is 23.2 Å². The molecule has 0 bridgehead atoms. The summed E-state index contributed by atoms with van der Waals surface area (Å²) in [6.07, 6.45) is 10.4. The first-order valence-corrected chi connectivity index (χ1v) is 9.36. The third kappa shape index (κ3) is 5.53. The smallest absolute Gasteiger partial charge is 0.226 e. The number of thiocarbonyl (C=S) groups is 1. The Balaban J connectivity index is 1.66. The third-order valence-corrected chi connectivity index (χ3v) is 5.71. The zero-order valence-electron chi connectivity index (χ0n) is 14.4. The second-order valence-electron chi connectivity index (χ2n) is 8.29. The minimum atomic E-state index is 0.0905. The van der Waals surface area contributed by atoms with E-state index in [-0.39, 0.29) is 5.91 Å². The maximum Gasteiger partial charge on any atom is 0.226 e. The lowest BCUT2D eigenvalue weighted by Gasteiger charge is -2.37. The largest absolute Gasteiger partial charge is 0.360 e. The van der Waals surface area contributed by atoms with Crippen LogP contribution in [0.25, 0.3) is 0 Å². The van der Waals surface area contributed by atoms with Crippen LogP contribution in [0.15, 0.2) is 0 Å². The van der Waals surface area contributed by atoms with Crippen molar-refractivity contribution in [2.75, 3.05) is 0 Å². The van der Waals surface area contributed by atoms with Gasteiger partial charge in [-0.1, -0.05) is 33.6 Å². The molecule has 2 N–H and O–H groups in total. The zero-order valence-corrected chi connectivity index (χ0v) is 15.2. The topological polar surface area (TPSA) is 41.1 Å². The van der Waals surface area contributed by atoms with Crippen molar-refractivity contribution in [2.45, 2.75) is 84.6 Å². The fourth-order valence-corrected chi connectivity index (χ4v) is 4.26. The van der Waals surface area contributed by atoms with Crippen molar-refractivity contribution < 1.29 is 4.79 Å². The van der Waals surface area contributed by atoms with Crippen LogP contribution in [0, 0.1) is 17.3 Å². The van der Waals surface area contributed by atoms with Crippen molar-refractivity contribution in [2.24, 2.45) is 17.3 Å². The summed E-state index contributed by atoms with van der Waals surface area (Å²) in [6.45, 7) is 7.00. The van der Waals surface area contributed by atoms with E-state index >= 15 is 0 Å². The van der Waals surface area contributed by atoms with Crippen molar-refractivity contribution in [3.63, 3.8) is 0 Å². The molecular formula is C18H32N2OS. The van der Waals surface area contributed by atoms with Crippen LogP contribution in [-0.2, 0) is 4.79 Å². The molecule has 0 aliphatic heterocycles. The minimum absolute atomic E-state index is 0.0905. The Morgan fingerprint density at radius 3 is 2.18 bits per heavy atom. The maximum absolute atomic E-state index is 12.0. The molecule has 2 fully saturated rings. The van der Waals surface area contributed by atoms with E-state index in [0.29, 0.717) is 28.9 Å². The standard InChI is InChI=1S/C18H32N2OS/c1-18(2,3)14-8-10-15(11-9-14)19-17(22)20-16(21)12-13-6-4-5-7-13/h13-15H,4-12H2,1-3H3,(H2,19,20,21,22). The number of rotatable bonds is 3. The molecule has 0 heterocycles. The highest BCUT2D eigenvalue weighted by atomic mass is 32.1. The molecule has 3 nitrogen and oxygen atoms in total. The van der Waals surface area contributed by atoms with E-state index in [1.54, 1.807) is 0 Å². The molecule has 0 aromatic carbocycles. The molecule has 0 saturated heterocycles. The van der Waals surface area contributed by atoms with E-state index in [1.807, 2.05) is 0 Å². The van der Waals surface area contributed by atoms with E-state index in [9.17, 15) is 4.79 Å². The van der Waals surface area contributed by atoms with Crippen molar-refractivity contribution in [3.05, 3.63) is 0 Å². The van der Waals surface area contributed by atoms with Crippen molar-refractivity contribution in [1.29, 1.82) is 0 Å². The van der Waals surface area contributed by atoms with E-state index in [4.69, 9.17) is 12.2 Å². The molecule has 0 spiro atoms. The summed E-state index contributed by atoms with van der Waals surface area (Å²) < 4.78 is 0. The quantitative estimate of drug-likeness (QED) is 0.766. The molecule has 0 aromatic heterocycles. The number of hydrogen-bond acceptors (Lipinski definition) is 2. The van der Waals surface area contributed by atoms with Crippen LogP contribution >= 0.6 is 12.2 Å². The van der Waals surface area contributed by atoms with E-state index < -0.39 is 0 Å². The molecule has 1 amide bonds. The number of nitrogens with one attached hydrogen (secondary N) is 2. The lowest BCUT2D eigenvalue weighted by molar-refractivity contribution is -0.120. The third-order valence-electron chi connectivity index (χ3n) is 5.49. The Morgan fingerprint density at radius 1 is 1.05 bits per heavy atom. The summed E-state index contributed by atoms with van der Waals surface area (Å²) in [5.41, 5.74) is 0.404. The van der Waals surface area contributed by atoms with Crippen LogP contribution in [0.4, 0.5) is 0 Å². The Morgan fingerprint density at radius 2 is 1.64 bits per heavy atom. The lowest BCUT2D eigenvalue weighted by Crippen LogP contribution is -2.46. The number of carbonyl (C=O) groups excluding carboxylic acids is 1. The highest BCUT2D eigenvalue weighted by molar-refractivity contribution is 7.80. The van der Waals surface area contributed by atoms with E-state index in [2.05, 4.69) is 31.4 Å². The van der Waals surface area contributed by atoms with Gasteiger partial charge < -0.3 is 10.6 Å². The van der Waals surface area contributed by atoms with Gasteiger partial charge in [-0.3, -0.25) is 4.79 Å². The number of hydrogen-bond donors (Lipinski definition) is 2. The Labute approximate surface area is 141 Å². The maximum atomic E-state index is 12.0. The van der Waals surface area contributed by atoms with Crippen LogP contribution in [0.2, 0.25) is 0 Å². The first-order chi connectivity index (χ1) is 10.3. The monoisotopic (exact) mass is 324 g/mol. The molecule has 0 atom stereocenters. The zero-order chi connectivity index (χ0) is 16.2. The molecule has 126 valence electrons. The van der Waals surface area contributed by atoms with Crippen LogP contribution < -0.4 is 10.6 Å². The summed E-state index contributed by atoms with van der Waals surface area (Å²) >= 11 is 5.31. The van der Waals surface area contributed by atoms with Crippen LogP contribution in [0.1, 0.15) is 78.6 Å². The van der Waals surface area contributed by atoms with Crippen LogP contribution in [0.5, 0.6) is 0 Å². The van der Waals surface area contributed by atoms with Gasteiger partial charge in [-0.2, -0.15) is 0 Å². The van der Waals surface area contributed by atoms with Gasteiger partial charge in [0.25, 0.3) is 0 Å². The Bertz CT molecular complexity index is 388. The highest BCUT2D eigenvalue weighted by Crippen LogP contribution is 2.37. The molecule has 0 aromatic rings. The summed E-state index contributed by atoms with van der Waals surface area (Å²) in [5, 5.41) is 6.75. The van der Waals surface area contributed by atoms with E-state index in [1.165, 1.54) is 38.5 Å². The first kappa shape index (κ1) is 17.7. The summed E-state index contributed by atoms with van der Waals surface area (Å²) in [7, 11) is 0. The molecule has 22 heavy (non-hydrogen) atoms. The average molecular weight is 325 g/mol. The van der Waals surface area contributed by atoms with Crippen molar-refractivity contribution in [1.82, 2.24) is 10.6 Å². The van der Waals surface area contributed by atoms with Gasteiger partial charge in [0.2, 0.25) is 5.91 Å². The normalized spacial score (nSPS) is 26.7. The molecule has 0 unspecified atom stereocenters. The molecular weight excluding hydrogens is 292 g/mol. The number of carbonyl (C=O) groups is 1. The van der Waals surface area contributed by atoms with Gasteiger partial charge in [-0.15, -0.1) is 0 Å². The molecule has 2 aliphatic rings. The van der Waals surface area contributed by atoms with Crippen LogP contribution in [0.3, 0.4) is 0 Å². The molecule has 4 heteroatoms. The molecule has 0 radical (unpaired) electrons. The summed E-state index contributed by atoms with van der Waals surface area (Å²) in [6, 6.07) is 0.429. The predicted molar refractivity (Wildman–Crippen MR) is 95.7 cm³/mol. The Kier molecular flexibility index (Phi) is 6.25. The van der Waals surface area contributed by atoms with E-state index in [0.717, 1.165) is 18.8 Å². The van der Waals surface area contributed by atoms with Gasteiger partial charge in [-0.25, -0.2) is 0 Å².